The van der Waals surface area contributed by atoms with Crippen LogP contribution in [-0.4, -0.2) is 28.2 Å². The van der Waals surface area contributed by atoms with Gasteiger partial charge >= 0.3 is 0 Å². The first-order valence-electron chi connectivity index (χ1n) is 9.56. The van der Waals surface area contributed by atoms with E-state index in [2.05, 4.69) is 11.6 Å². The Balaban J connectivity index is 1.63. The lowest BCUT2D eigenvalue weighted by Crippen LogP contribution is -2.28. The van der Waals surface area contributed by atoms with Crippen LogP contribution in [-0.2, 0) is 22.4 Å². The van der Waals surface area contributed by atoms with Gasteiger partial charge in [0.1, 0.15) is 4.21 Å². The molecule has 0 N–H and O–H groups in total. The summed E-state index contributed by atoms with van der Waals surface area (Å²) in [5.41, 5.74) is 3.08. The minimum atomic E-state index is -3.65. The number of hydrogen-bond donors (Lipinski definition) is 0. The third-order valence-electron chi connectivity index (χ3n) is 5.19. The quantitative estimate of drug-likeness (QED) is 0.362. The van der Waals surface area contributed by atoms with Crippen molar-refractivity contribution in [2.45, 2.75) is 16.6 Å². The highest BCUT2D eigenvalue weighted by molar-refractivity contribution is 7.94. The molecule has 0 aliphatic carbocycles. The number of hydrogen-bond acceptors (Lipinski definition) is 4. The van der Waals surface area contributed by atoms with Crippen molar-refractivity contribution in [2.75, 3.05) is 17.9 Å². The van der Waals surface area contributed by atoms with Gasteiger partial charge in [0.2, 0.25) is 0 Å². The van der Waals surface area contributed by atoms with Crippen LogP contribution in [0.15, 0.2) is 76.5 Å². The van der Waals surface area contributed by atoms with E-state index in [9.17, 15) is 17.2 Å². The van der Waals surface area contributed by atoms with Crippen molar-refractivity contribution in [3.8, 4) is 11.1 Å². The van der Waals surface area contributed by atoms with Crippen molar-refractivity contribution in [3.05, 3.63) is 83.3 Å². The van der Waals surface area contributed by atoms with Crippen LogP contribution in [0.25, 0.3) is 11.1 Å². The Morgan fingerprint density at radius 1 is 1.10 bits per heavy atom. The molecule has 0 spiro atoms. The summed E-state index contributed by atoms with van der Waals surface area (Å²) in [5.74, 6) is -3.07. The van der Waals surface area contributed by atoms with E-state index in [4.69, 9.17) is 0 Å². The zero-order chi connectivity index (χ0) is 22.2. The Kier molecular flexibility index (Phi) is 5.53. The monoisotopic (exact) mass is 458 g/mol. The van der Waals surface area contributed by atoms with Gasteiger partial charge in [0.15, 0.2) is 0 Å². The summed E-state index contributed by atoms with van der Waals surface area (Å²) in [6.45, 7) is 3.54. The molecule has 0 saturated heterocycles. The third kappa shape index (κ3) is 3.93. The zero-order valence-electron chi connectivity index (χ0n) is 16.8. The second-order valence-corrected chi connectivity index (χ2v) is 10.3. The molecule has 0 fully saturated rings. The molecule has 1 aliphatic heterocycles. The Hall–Kier alpha value is -2.84. The summed E-state index contributed by atoms with van der Waals surface area (Å²) in [6.07, 6.45) is 2.84. The Bertz CT molecular complexity index is 1260. The molecule has 1 aliphatic rings. The molecule has 8 heteroatoms. The largest absolute Gasteiger partial charge is 0.295 e. The second kappa shape index (κ2) is 8.01. The number of thiophene rings is 1. The summed E-state index contributed by atoms with van der Waals surface area (Å²) in [4.78, 5) is 4.71. The van der Waals surface area contributed by atoms with Crippen LogP contribution in [0, 0.1) is 0 Å². The number of sulfonamides is 1. The van der Waals surface area contributed by atoms with Gasteiger partial charge in [-0.25, -0.2) is 8.42 Å². The minimum Gasteiger partial charge on any atom is -0.295 e. The van der Waals surface area contributed by atoms with Crippen molar-refractivity contribution in [2.24, 2.45) is 4.99 Å². The topological polar surface area (TPSA) is 49.7 Å². The number of anilines is 1. The molecule has 2 heterocycles. The smallest absolute Gasteiger partial charge is 0.291 e. The average Bonchev–Trinajstić information content (AvgIpc) is 3.41. The van der Waals surface area contributed by atoms with E-state index in [1.54, 1.807) is 43.6 Å². The van der Waals surface area contributed by atoms with Gasteiger partial charge in [0, 0.05) is 30.2 Å². The molecule has 0 amide bonds. The van der Waals surface area contributed by atoms with E-state index in [-0.39, 0.29) is 9.77 Å². The highest BCUT2D eigenvalue weighted by Crippen LogP contribution is 2.38. The Morgan fingerprint density at radius 3 is 2.48 bits per heavy atom. The van der Waals surface area contributed by atoms with E-state index in [1.165, 1.54) is 27.8 Å². The summed E-state index contributed by atoms with van der Waals surface area (Å²) in [7, 11) is -2.01. The fourth-order valence-corrected chi connectivity index (χ4v) is 6.45. The molecule has 31 heavy (non-hydrogen) atoms. The lowest BCUT2D eigenvalue weighted by atomic mass is 9.99. The maximum Gasteiger partial charge on any atom is 0.291 e. The molecule has 0 unspecified atom stereocenters. The van der Waals surface area contributed by atoms with Gasteiger partial charge in [0.05, 0.1) is 5.69 Å². The molecule has 160 valence electrons. The normalized spacial score (nSPS) is 14.2. The van der Waals surface area contributed by atoms with Crippen LogP contribution in [0.5, 0.6) is 0 Å². The molecule has 0 bridgehead atoms. The number of alkyl halides is 2. The van der Waals surface area contributed by atoms with Crippen LogP contribution in [0.2, 0.25) is 0 Å². The second-order valence-electron chi connectivity index (χ2n) is 7.12. The number of rotatable bonds is 6. The molecule has 3 aromatic rings. The molecule has 0 atom stereocenters. The van der Waals surface area contributed by atoms with E-state index in [1.807, 2.05) is 12.1 Å². The number of benzene rings is 2. The van der Waals surface area contributed by atoms with Crippen LogP contribution in [0.4, 0.5) is 14.5 Å². The van der Waals surface area contributed by atoms with Crippen molar-refractivity contribution < 1.29 is 17.2 Å². The standard InChI is InChI=1S/C23H20F2N2O2S2/c1-3-23(24,25)19-7-4-16(5-8-19)17-6-10-21-18(14-17)12-13-27(21)31(28,29)22-11-9-20(30-22)15-26-2/h3-11,14-15H,1,12-13H2,2H3. The van der Waals surface area contributed by atoms with Crippen molar-refractivity contribution >= 4 is 33.3 Å². The average molecular weight is 459 g/mol. The SMILES string of the molecule is C=CC(F)(F)c1ccc(-c2ccc3c(c2)CCN3S(=O)(=O)c2ccc(C=NC)s2)cc1. The van der Waals surface area contributed by atoms with Gasteiger partial charge in [-0.15, -0.1) is 11.3 Å². The molecule has 0 saturated carbocycles. The van der Waals surface area contributed by atoms with Gasteiger partial charge in [-0.1, -0.05) is 36.9 Å². The van der Waals surface area contributed by atoms with Crippen molar-refractivity contribution in [1.29, 1.82) is 0 Å². The van der Waals surface area contributed by atoms with Gasteiger partial charge in [0.25, 0.3) is 15.9 Å². The summed E-state index contributed by atoms with van der Waals surface area (Å²) >= 11 is 1.18. The highest BCUT2D eigenvalue weighted by Gasteiger charge is 2.32. The third-order valence-corrected chi connectivity index (χ3v) is 8.50. The number of aliphatic imine (C=N–C) groups is 1. The molecular formula is C23H20F2N2O2S2. The lowest BCUT2D eigenvalue weighted by molar-refractivity contribution is 0.0526. The maximum atomic E-state index is 13.8. The summed E-state index contributed by atoms with van der Waals surface area (Å²) < 4.78 is 55.5. The van der Waals surface area contributed by atoms with Crippen LogP contribution in [0.1, 0.15) is 16.0 Å². The molecule has 4 rings (SSSR count). The van der Waals surface area contributed by atoms with Crippen molar-refractivity contribution in [1.82, 2.24) is 0 Å². The predicted octanol–water partition coefficient (Wildman–Crippen LogP) is 5.49. The van der Waals surface area contributed by atoms with Crippen LogP contribution >= 0.6 is 11.3 Å². The fraction of sp³-hybridized carbons (Fsp3) is 0.174. The maximum absolute atomic E-state index is 13.8. The summed E-state index contributed by atoms with van der Waals surface area (Å²) in [6, 6.07) is 14.9. The Morgan fingerprint density at radius 2 is 1.81 bits per heavy atom. The number of fused-ring (bicyclic) bond motifs is 1. The molecular weight excluding hydrogens is 438 g/mol. The summed E-state index contributed by atoms with van der Waals surface area (Å²) in [5, 5.41) is 0. The van der Waals surface area contributed by atoms with E-state index < -0.39 is 15.9 Å². The molecule has 1 aromatic heterocycles. The number of halogens is 2. The van der Waals surface area contributed by atoms with Gasteiger partial charge in [-0.2, -0.15) is 8.78 Å². The fourth-order valence-electron chi connectivity index (χ4n) is 3.58. The Labute approximate surface area is 184 Å². The van der Waals surface area contributed by atoms with Crippen LogP contribution < -0.4 is 4.31 Å². The highest BCUT2D eigenvalue weighted by atomic mass is 32.2. The lowest BCUT2D eigenvalue weighted by Gasteiger charge is -2.18. The number of allylic oxidation sites excluding steroid dienone is 1. The molecule has 0 radical (unpaired) electrons. The minimum absolute atomic E-state index is 0.117. The first-order valence-corrected chi connectivity index (χ1v) is 11.8. The predicted molar refractivity (Wildman–Crippen MR) is 122 cm³/mol. The van der Waals surface area contributed by atoms with E-state index >= 15 is 0 Å². The first kappa shape index (κ1) is 21.4. The van der Waals surface area contributed by atoms with Crippen molar-refractivity contribution in [3.63, 3.8) is 0 Å². The van der Waals surface area contributed by atoms with E-state index in [0.29, 0.717) is 24.7 Å². The van der Waals surface area contributed by atoms with Gasteiger partial charge < -0.3 is 0 Å². The molecule has 4 nitrogen and oxygen atoms in total. The van der Waals surface area contributed by atoms with E-state index in [0.717, 1.165) is 21.6 Å². The first-order chi connectivity index (χ1) is 14.8. The molecule has 2 aromatic carbocycles. The van der Waals surface area contributed by atoms with Gasteiger partial charge in [-0.3, -0.25) is 9.30 Å². The van der Waals surface area contributed by atoms with Gasteiger partial charge in [-0.05, 0) is 53.5 Å². The van der Waals surface area contributed by atoms with Crippen LogP contribution in [0.3, 0.4) is 0 Å². The number of nitrogens with zero attached hydrogens (tertiary/aromatic N) is 2. The zero-order valence-corrected chi connectivity index (χ0v) is 18.4.